The Morgan fingerprint density at radius 3 is 2.32 bits per heavy atom. The number of rotatable bonds is 5. The molecule has 1 aliphatic carbocycles. The minimum Gasteiger partial charge on any atom is -0.308 e. The van der Waals surface area contributed by atoms with Gasteiger partial charge in [0.15, 0.2) is 0 Å². The van der Waals surface area contributed by atoms with Gasteiger partial charge in [-0.05, 0) is 57.2 Å². The normalized spacial score (nSPS) is 17.0. The molecule has 0 amide bonds. The molecule has 0 radical (unpaired) electrons. The van der Waals surface area contributed by atoms with Crippen molar-refractivity contribution in [3.8, 4) is 0 Å². The van der Waals surface area contributed by atoms with Crippen LogP contribution < -0.4 is 5.32 Å². The summed E-state index contributed by atoms with van der Waals surface area (Å²) in [6.07, 6.45) is 5.78. The predicted molar refractivity (Wildman–Crippen MR) is 85.7 cm³/mol. The van der Waals surface area contributed by atoms with Crippen LogP contribution in [0.3, 0.4) is 0 Å². The van der Waals surface area contributed by atoms with Gasteiger partial charge >= 0.3 is 0 Å². The first-order valence-corrected chi connectivity index (χ1v) is 8.48. The molecule has 1 N–H and O–H groups in total. The van der Waals surface area contributed by atoms with Gasteiger partial charge in [-0.25, -0.2) is 0 Å². The Balaban J connectivity index is 1.77. The van der Waals surface area contributed by atoms with Crippen LogP contribution in [0.1, 0.15) is 52.0 Å². The van der Waals surface area contributed by atoms with E-state index < -0.39 is 0 Å². The van der Waals surface area contributed by atoms with Gasteiger partial charge in [0, 0.05) is 22.7 Å². The third-order valence-electron chi connectivity index (χ3n) is 3.71. The van der Waals surface area contributed by atoms with Crippen LogP contribution in [-0.2, 0) is 6.54 Å². The second-order valence-electron chi connectivity index (χ2n) is 6.71. The highest BCUT2D eigenvalue weighted by Gasteiger charge is 2.14. The maximum Gasteiger partial charge on any atom is 0.0210 e. The summed E-state index contributed by atoms with van der Waals surface area (Å²) >= 11 is 2.03. The van der Waals surface area contributed by atoms with Crippen LogP contribution in [-0.4, -0.2) is 11.3 Å². The van der Waals surface area contributed by atoms with Gasteiger partial charge in [-0.3, -0.25) is 0 Å². The van der Waals surface area contributed by atoms with Crippen LogP contribution in [0.25, 0.3) is 0 Å². The molecule has 0 aromatic heterocycles. The topological polar surface area (TPSA) is 12.0 Å². The van der Waals surface area contributed by atoms with E-state index in [0.717, 1.165) is 12.5 Å². The molecule has 0 saturated heterocycles. The van der Waals surface area contributed by atoms with E-state index in [0.29, 0.717) is 0 Å². The zero-order valence-electron chi connectivity index (χ0n) is 12.5. The fourth-order valence-corrected chi connectivity index (χ4v) is 3.55. The lowest BCUT2D eigenvalue weighted by molar-refractivity contribution is 0.424. The van der Waals surface area contributed by atoms with Crippen LogP contribution in [0.4, 0.5) is 0 Å². The summed E-state index contributed by atoms with van der Waals surface area (Å²) in [5, 5.41) is 3.53. The summed E-state index contributed by atoms with van der Waals surface area (Å²) in [5.74, 6) is 2.27. The van der Waals surface area contributed by atoms with Crippen molar-refractivity contribution in [2.75, 3.05) is 5.75 Å². The van der Waals surface area contributed by atoms with Gasteiger partial charge < -0.3 is 5.32 Å². The van der Waals surface area contributed by atoms with Crippen molar-refractivity contribution in [2.45, 2.75) is 63.4 Å². The lowest BCUT2D eigenvalue weighted by Gasteiger charge is -2.20. The highest BCUT2D eigenvalue weighted by atomic mass is 32.2. The van der Waals surface area contributed by atoms with E-state index in [9.17, 15) is 0 Å². The summed E-state index contributed by atoms with van der Waals surface area (Å²) in [7, 11) is 0. The van der Waals surface area contributed by atoms with Gasteiger partial charge in [0.05, 0.1) is 0 Å². The standard InChI is InChI=1S/C17H27NS/c1-17(2,3)18-12-14-8-10-16(11-9-14)19-13-15-6-4-5-7-15/h8-11,15,18H,4-7,12-13H2,1-3H3. The molecule has 0 spiro atoms. The first-order valence-electron chi connectivity index (χ1n) is 7.50. The monoisotopic (exact) mass is 277 g/mol. The quantitative estimate of drug-likeness (QED) is 0.772. The maximum atomic E-state index is 3.53. The number of nitrogens with one attached hydrogen (secondary N) is 1. The molecule has 0 atom stereocenters. The lowest BCUT2D eigenvalue weighted by atomic mass is 10.1. The van der Waals surface area contributed by atoms with E-state index in [-0.39, 0.29) is 5.54 Å². The third kappa shape index (κ3) is 5.58. The SMILES string of the molecule is CC(C)(C)NCc1ccc(SCC2CCCC2)cc1. The Labute approximate surface area is 122 Å². The predicted octanol–water partition coefficient (Wildman–Crippen LogP) is 4.86. The maximum absolute atomic E-state index is 3.53. The molecular formula is C17H27NS. The molecule has 0 bridgehead atoms. The molecular weight excluding hydrogens is 250 g/mol. The zero-order chi connectivity index (χ0) is 13.7. The number of thioether (sulfide) groups is 1. The molecule has 1 aliphatic rings. The van der Waals surface area contributed by atoms with Gasteiger partial charge in [-0.1, -0.05) is 25.0 Å². The van der Waals surface area contributed by atoms with E-state index >= 15 is 0 Å². The Morgan fingerprint density at radius 1 is 1.11 bits per heavy atom. The minimum absolute atomic E-state index is 0.190. The fraction of sp³-hybridized carbons (Fsp3) is 0.647. The van der Waals surface area contributed by atoms with Crippen molar-refractivity contribution in [2.24, 2.45) is 5.92 Å². The molecule has 2 rings (SSSR count). The van der Waals surface area contributed by atoms with Crippen LogP contribution in [0, 0.1) is 5.92 Å². The van der Waals surface area contributed by atoms with E-state index in [1.165, 1.54) is 41.9 Å². The highest BCUT2D eigenvalue weighted by Crippen LogP contribution is 2.30. The van der Waals surface area contributed by atoms with E-state index in [2.05, 4.69) is 50.4 Å². The first kappa shape index (κ1) is 14.9. The van der Waals surface area contributed by atoms with Gasteiger partial charge in [-0.15, -0.1) is 11.8 Å². The second-order valence-corrected chi connectivity index (χ2v) is 7.80. The smallest absolute Gasteiger partial charge is 0.0210 e. The number of hydrogen-bond donors (Lipinski definition) is 1. The van der Waals surface area contributed by atoms with Crippen molar-refractivity contribution in [1.29, 1.82) is 0 Å². The average Bonchev–Trinajstić information content (AvgIpc) is 2.87. The molecule has 1 saturated carbocycles. The van der Waals surface area contributed by atoms with Crippen molar-refractivity contribution < 1.29 is 0 Å². The van der Waals surface area contributed by atoms with Gasteiger partial charge in [0.2, 0.25) is 0 Å². The molecule has 0 unspecified atom stereocenters. The van der Waals surface area contributed by atoms with Crippen molar-refractivity contribution in [3.05, 3.63) is 29.8 Å². The summed E-state index contributed by atoms with van der Waals surface area (Å²) < 4.78 is 0. The van der Waals surface area contributed by atoms with E-state index in [4.69, 9.17) is 0 Å². The molecule has 106 valence electrons. The number of hydrogen-bond acceptors (Lipinski definition) is 2. The van der Waals surface area contributed by atoms with Crippen LogP contribution >= 0.6 is 11.8 Å². The van der Waals surface area contributed by atoms with Gasteiger partial charge in [0.1, 0.15) is 0 Å². The fourth-order valence-electron chi connectivity index (χ4n) is 2.46. The molecule has 0 heterocycles. The largest absolute Gasteiger partial charge is 0.308 e. The van der Waals surface area contributed by atoms with Crippen molar-refractivity contribution in [1.82, 2.24) is 5.32 Å². The molecule has 1 aromatic carbocycles. The summed E-state index contributed by atoms with van der Waals surface area (Å²) in [6, 6.07) is 9.07. The molecule has 1 nitrogen and oxygen atoms in total. The van der Waals surface area contributed by atoms with E-state index in [1.807, 2.05) is 11.8 Å². The molecule has 0 aliphatic heterocycles. The highest BCUT2D eigenvalue weighted by molar-refractivity contribution is 7.99. The van der Waals surface area contributed by atoms with Crippen LogP contribution in [0.2, 0.25) is 0 Å². The van der Waals surface area contributed by atoms with Crippen molar-refractivity contribution in [3.63, 3.8) is 0 Å². The van der Waals surface area contributed by atoms with Crippen molar-refractivity contribution >= 4 is 11.8 Å². The summed E-state index contributed by atoms with van der Waals surface area (Å²) in [5.41, 5.74) is 1.57. The Kier molecular flexibility index (Phi) is 5.35. The molecule has 2 heteroatoms. The molecule has 1 aromatic rings. The summed E-state index contributed by atoms with van der Waals surface area (Å²) in [6.45, 7) is 7.58. The Bertz CT molecular complexity index is 371. The molecule has 1 fully saturated rings. The van der Waals surface area contributed by atoms with Crippen LogP contribution in [0.15, 0.2) is 29.2 Å². The first-order chi connectivity index (χ1) is 9.03. The average molecular weight is 277 g/mol. The molecule has 19 heavy (non-hydrogen) atoms. The lowest BCUT2D eigenvalue weighted by Crippen LogP contribution is -2.35. The number of benzene rings is 1. The zero-order valence-corrected chi connectivity index (χ0v) is 13.4. The van der Waals surface area contributed by atoms with E-state index in [1.54, 1.807) is 0 Å². The summed E-state index contributed by atoms with van der Waals surface area (Å²) in [4.78, 5) is 1.42. The Morgan fingerprint density at radius 2 is 1.74 bits per heavy atom. The second kappa shape index (κ2) is 6.81. The van der Waals surface area contributed by atoms with Gasteiger partial charge in [0.25, 0.3) is 0 Å². The minimum atomic E-state index is 0.190. The van der Waals surface area contributed by atoms with Crippen LogP contribution in [0.5, 0.6) is 0 Å². The Hall–Kier alpha value is -0.470. The third-order valence-corrected chi connectivity index (χ3v) is 4.95. The van der Waals surface area contributed by atoms with Gasteiger partial charge in [-0.2, -0.15) is 0 Å².